The number of hydrogen-bond donors (Lipinski definition) is 0. The van der Waals surface area contributed by atoms with Gasteiger partial charge in [-0.25, -0.2) is 0 Å². The highest BCUT2D eigenvalue weighted by Gasteiger charge is 2.51. The van der Waals surface area contributed by atoms with Crippen LogP contribution in [0.3, 0.4) is 0 Å². The number of benzene rings is 10. The van der Waals surface area contributed by atoms with Gasteiger partial charge in [0.25, 0.3) is 0 Å². The van der Waals surface area contributed by atoms with Gasteiger partial charge in [0, 0.05) is 61.4 Å². The Morgan fingerprint density at radius 1 is 0.417 bits per heavy atom. The second-order valence-corrected chi connectivity index (χ2v) is 28.6. The summed E-state index contributed by atoms with van der Waals surface area (Å²) < 4.78 is 7.50. The lowest BCUT2D eigenvalue weighted by Crippen LogP contribution is -2.62. The van der Waals surface area contributed by atoms with Crippen LogP contribution in [0.1, 0.15) is 130 Å². The first-order valence-electron chi connectivity index (χ1n) is 30.3. The van der Waals surface area contributed by atoms with Gasteiger partial charge < -0.3 is 19.0 Å². The van der Waals surface area contributed by atoms with Crippen LogP contribution < -0.4 is 25.5 Å². The van der Waals surface area contributed by atoms with Crippen molar-refractivity contribution in [3.05, 3.63) is 240 Å². The maximum absolute atomic E-state index is 7.50. The fourth-order valence-corrected chi connectivity index (χ4v) is 14.0. The fraction of sp³-hybridized carbons (Fsp3) is 0.241. The number of hydrogen-bond acceptors (Lipinski definition) is 4. The van der Waals surface area contributed by atoms with Gasteiger partial charge in [-0.3, -0.25) is 0 Å². The summed E-state index contributed by atoms with van der Waals surface area (Å²) in [5, 5.41) is 2.20. The summed E-state index contributed by atoms with van der Waals surface area (Å²) >= 11 is 0. The zero-order valence-corrected chi connectivity index (χ0v) is 51.5. The van der Waals surface area contributed by atoms with E-state index in [9.17, 15) is 0 Å². The molecule has 0 atom stereocenters. The van der Waals surface area contributed by atoms with Crippen LogP contribution >= 0.6 is 0 Å². The molecule has 0 fully saturated rings. The molecule has 10 aromatic carbocycles. The molecule has 84 heavy (non-hydrogen) atoms. The highest BCUT2D eigenvalue weighted by molar-refractivity contribution is 6.94. The summed E-state index contributed by atoms with van der Waals surface area (Å²) in [6.45, 7) is 32.3. The maximum atomic E-state index is 7.50. The molecule has 1 aliphatic carbocycles. The molecule has 3 heterocycles. The zero-order valence-electron chi connectivity index (χ0n) is 51.5. The van der Waals surface area contributed by atoms with Gasteiger partial charge in [0.2, 0.25) is 0 Å². The molecule has 0 saturated heterocycles. The van der Waals surface area contributed by atoms with Crippen molar-refractivity contribution in [3.63, 3.8) is 0 Å². The lowest BCUT2D eigenvalue weighted by molar-refractivity contribution is 0.590. The molecule has 0 N–H and O–H groups in total. The van der Waals surface area contributed by atoms with Crippen LogP contribution in [0.25, 0.3) is 55.3 Å². The van der Waals surface area contributed by atoms with Gasteiger partial charge in [-0.2, -0.15) is 0 Å². The third-order valence-corrected chi connectivity index (χ3v) is 18.7. The SMILES string of the molecule is CC(C)(C)c1ccc(N2B3c4ccc5c(c4N(c4ccc(C(C)(C)C)cc4-c4ccccc4)c4c3c(cc3c4oc4ccccc43)-c3cc(N(c4ccc(C(C)(C)C)cc4)c4ccc(C(C)(C)C)cc4)ccc32)C(C)(C)c2ccccc2-5)cc1. The fourth-order valence-electron chi connectivity index (χ4n) is 14.0. The summed E-state index contributed by atoms with van der Waals surface area (Å²) in [5.41, 5.74) is 27.9. The first kappa shape index (κ1) is 53.5. The highest BCUT2D eigenvalue weighted by atomic mass is 16.3. The molecule has 14 rings (SSSR count). The summed E-state index contributed by atoms with van der Waals surface area (Å²) in [5.74, 6) is 0. The van der Waals surface area contributed by atoms with Gasteiger partial charge >= 0.3 is 6.85 Å². The van der Waals surface area contributed by atoms with Crippen LogP contribution in [0, 0.1) is 0 Å². The molecule has 2 aliphatic heterocycles. The molecule has 416 valence electrons. The predicted molar refractivity (Wildman–Crippen MR) is 360 cm³/mol. The van der Waals surface area contributed by atoms with Gasteiger partial charge in [0.05, 0.1) is 11.4 Å². The topological polar surface area (TPSA) is 22.9 Å². The molecule has 5 heteroatoms. The molecule has 0 bridgehead atoms. The normalized spacial score (nSPS) is 14.3. The molecule has 11 aromatic rings. The smallest absolute Gasteiger partial charge is 0.333 e. The predicted octanol–water partition coefficient (Wildman–Crippen LogP) is 20.9. The Kier molecular flexibility index (Phi) is 11.9. The van der Waals surface area contributed by atoms with Gasteiger partial charge in [0.1, 0.15) is 5.58 Å². The van der Waals surface area contributed by atoms with Crippen molar-refractivity contribution in [1.29, 1.82) is 0 Å². The molecule has 1 aromatic heterocycles. The zero-order chi connectivity index (χ0) is 58.6. The molecule has 0 amide bonds. The van der Waals surface area contributed by atoms with Crippen molar-refractivity contribution >= 4 is 85.2 Å². The van der Waals surface area contributed by atoms with E-state index < -0.39 is 0 Å². The summed E-state index contributed by atoms with van der Waals surface area (Å²) in [7, 11) is 0. The van der Waals surface area contributed by atoms with E-state index in [0.717, 1.165) is 61.8 Å². The van der Waals surface area contributed by atoms with Crippen molar-refractivity contribution in [2.24, 2.45) is 0 Å². The minimum atomic E-state index is -0.365. The van der Waals surface area contributed by atoms with Crippen LogP contribution in [-0.4, -0.2) is 6.85 Å². The Balaban J connectivity index is 1.13. The van der Waals surface area contributed by atoms with E-state index in [1.807, 2.05) is 0 Å². The first-order chi connectivity index (χ1) is 40.0. The van der Waals surface area contributed by atoms with Crippen molar-refractivity contribution in [3.8, 4) is 33.4 Å². The van der Waals surface area contributed by atoms with E-state index in [0.29, 0.717) is 0 Å². The number of rotatable bonds is 6. The van der Waals surface area contributed by atoms with Crippen LogP contribution in [0.15, 0.2) is 211 Å². The third kappa shape index (κ3) is 8.39. The average Bonchev–Trinajstić information content (AvgIpc) is 1.20. The number of furan rings is 1. The molecule has 0 spiro atoms. The van der Waals surface area contributed by atoms with Gasteiger partial charge in [-0.05, 0) is 167 Å². The maximum Gasteiger partial charge on any atom is 0.333 e. The van der Waals surface area contributed by atoms with Crippen LogP contribution in [-0.2, 0) is 27.1 Å². The largest absolute Gasteiger partial charge is 0.454 e. The van der Waals surface area contributed by atoms with Crippen molar-refractivity contribution in [1.82, 2.24) is 0 Å². The Labute approximate surface area is 498 Å². The molecule has 0 radical (unpaired) electrons. The molecule has 0 saturated carbocycles. The van der Waals surface area contributed by atoms with E-state index in [-0.39, 0.29) is 33.9 Å². The van der Waals surface area contributed by atoms with Crippen molar-refractivity contribution in [2.75, 3.05) is 14.6 Å². The lowest BCUT2D eigenvalue weighted by Gasteiger charge is -2.47. The number of nitrogens with zero attached hydrogens (tertiary/aromatic N) is 3. The Morgan fingerprint density at radius 3 is 1.60 bits per heavy atom. The monoisotopic (exact) mass is 1090 g/mol. The minimum absolute atomic E-state index is 0.00637. The summed E-state index contributed by atoms with van der Waals surface area (Å²) in [6.07, 6.45) is 0. The van der Waals surface area contributed by atoms with E-state index in [1.165, 1.54) is 83.4 Å². The second kappa shape index (κ2) is 18.7. The standard InChI is InChI=1S/C79H76BN3O/c1-75(2,3)50-28-35-54(36-29-50)81(55-37-30-51(31-38-55)76(4,5)6)57-41-45-68-62(47-57)63-48-64-59-25-19-21-27-69(59)84-74(64)73-71(63)80(83(68)56-39-32-52(33-40-56)77(7,8)9)66-43-42-60-58-24-18-20-26-65(58)79(13,14)70(60)72(66)82(73)67-44-34-53(78(10,11)12)46-61(67)49-22-16-15-17-23-49/h15-48H,1-14H3. The van der Waals surface area contributed by atoms with E-state index in [4.69, 9.17) is 4.42 Å². The van der Waals surface area contributed by atoms with Gasteiger partial charge in [0.15, 0.2) is 5.58 Å². The van der Waals surface area contributed by atoms with E-state index in [2.05, 4.69) is 318 Å². The van der Waals surface area contributed by atoms with Crippen molar-refractivity contribution < 1.29 is 4.42 Å². The molecule has 0 unspecified atom stereocenters. The summed E-state index contributed by atoms with van der Waals surface area (Å²) in [4.78, 5) is 7.80. The van der Waals surface area contributed by atoms with Crippen molar-refractivity contribution in [2.45, 2.75) is 124 Å². The van der Waals surface area contributed by atoms with Crippen LogP contribution in [0.4, 0.5) is 45.5 Å². The Hall–Kier alpha value is -8.54. The number of anilines is 8. The minimum Gasteiger partial charge on any atom is -0.454 e. The molecular formula is C79H76BN3O. The molecule has 4 nitrogen and oxygen atoms in total. The molecule has 3 aliphatic rings. The van der Waals surface area contributed by atoms with Gasteiger partial charge in [-0.15, -0.1) is 0 Å². The highest BCUT2D eigenvalue weighted by Crippen LogP contribution is 2.59. The average molecular weight is 1090 g/mol. The third-order valence-electron chi connectivity index (χ3n) is 18.7. The Bertz CT molecular complexity index is 4370. The number of para-hydroxylation sites is 1. The summed E-state index contributed by atoms with van der Waals surface area (Å²) in [6, 6.07) is 78.7. The Morgan fingerprint density at radius 2 is 0.964 bits per heavy atom. The van der Waals surface area contributed by atoms with E-state index >= 15 is 0 Å². The lowest BCUT2D eigenvalue weighted by atomic mass is 9.43. The second-order valence-electron chi connectivity index (χ2n) is 28.6. The van der Waals surface area contributed by atoms with Crippen LogP contribution in [0.5, 0.6) is 0 Å². The quantitative estimate of drug-likeness (QED) is 0.155. The van der Waals surface area contributed by atoms with Crippen LogP contribution in [0.2, 0.25) is 0 Å². The first-order valence-corrected chi connectivity index (χ1v) is 30.3. The number of fused-ring (bicyclic) bond motifs is 12. The van der Waals surface area contributed by atoms with E-state index in [1.54, 1.807) is 0 Å². The van der Waals surface area contributed by atoms with Gasteiger partial charge in [-0.1, -0.05) is 224 Å². The molecular weight excluding hydrogens is 1020 g/mol.